The van der Waals surface area contributed by atoms with Crippen LogP contribution in [0.2, 0.25) is 0 Å². The van der Waals surface area contributed by atoms with E-state index < -0.39 is 0 Å². The van der Waals surface area contributed by atoms with Crippen molar-refractivity contribution in [2.24, 2.45) is 0 Å². The number of hydrogen-bond donors (Lipinski definition) is 2. The third kappa shape index (κ3) is 3.26. The van der Waals surface area contributed by atoms with Crippen molar-refractivity contribution >= 4 is 17.3 Å². The Hall–Kier alpha value is -1.55. The average molecular weight is 261 g/mol. The highest BCUT2D eigenvalue weighted by Gasteiger charge is 2.20. The summed E-state index contributed by atoms with van der Waals surface area (Å²) in [6.07, 6.45) is 1.51. The summed E-state index contributed by atoms with van der Waals surface area (Å²) in [6.45, 7) is 5.09. The molecule has 104 valence electrons. The monoisotopic (exact) mass is 261 g/mol. The number of benzene rings is 1. The Bertz CT molecular complexity index is 482. The van der Waals surface area contributed by atoms with Crippen LogP contribution in [-0.2, 0) is 11.2 Å². The van der Waals surface area contributed by atoms with Crippen LogP contribution in [-0.4, -0.2) is 32.1 Å². The molecule has 1 amide bonds. The number of hydrogen-bond acceptors (Lipinski definition) is 3. The minimum Gasteiger partial charge on any atom is -0.374 e. The summed E-state index contributed by atoms with van der Waals surface area (Å²) >= 11 is 0. The molecule has 1 aliphatic heterocycles. The molecule has 2 N–H and O–H groups in total. The van der Waals surface area contributed by atoms with Crippen LogP contribution in [0.5, 0.6) is 0 Å². The molecule has 2 rings (SSSR count). The SMILES string of the molecule is CNC(C)(C)CC(=O)Nc1ccc2c(c1)CCN2C. The van der Waals surface area contributed by atoms with Crippen molar-refractivity contribution in [3.05, 3.63) is 23.8 Å². The molecule has 0 aromatic heterocycles. The number of rotatable bonds is 4. The second kappa shape index (κ2) is 5.21. The van der Waals surface area contributed by atoms with E-state index in [0.717, 1.165) is 18.7 Å². The van der Waals surface area contributed by atoms with Crippen molar-refractivity contribution in [1.82, 2.24) is 5.32 Å². The minimum absolute atomic E-state index is 0.0469. The van der Waals surface area contributed by atoms with Gasteiger partial charge in [-0.2, -0.15) is 0 Å². The molecule has 0 atom stereocenters. The van der Waals surface area contributed by atoms with E-state index >= 15 is 0 Å². The first-order chi connectivity index (χ1) is 8.91. The molecule has 4 heteroatoms. The smallest absolute Gasteiger partial charge is 0.226 e. The maximum atomic E-state index is 12.0. The Morgan fingerprint density at radius 1 is 1.42 bits per heavy atom. The Morgan fingerprint density at radius 2 is 2.16 bits per heavy atom. The van der Waals surface area contributed by atoms with Gasteiger partial charge in [0.1, 0.15) is 0 Å². The lowest BCUT2D eigenvalue weighted by Crippen LogP contribution is -2.39. The third-order valence-electron chi connectivity index (χ3n) is 3.77. The van der Waals surface area contributed by atoms with Crippen molar-refractivity contribution in [1.29, 1.82) is 0 Å². The Balaban J connectivity index is 2.03. The van der Waals surface area contributed by atoms with Crippen LogP contribution >= 0.6 is 0 Å². The fraction of sp³-hybridized carbons (Fsp3) is 0.533. The van der Waals surface area contributed by atoms with Gasteiger partial charge in [-0.1, -0.05) is 0 Å². The predicted molar refractivity (Wildman–Crippen MR) is 79.8 cm³/mol. The lowest BCUT2D eigenvalue weighted by molar-refractivity contribution is -0.117. The molecule has 0 unspecified atom stereocenters. The average Bonchev–Trinajstić information content (AvgIpc) is 2.70. The van der Waals surface area contributed by atoms with Gasteiger partial charge >= 0.3 is 0 Å². The van der Waals surface area contributed by atoms with Crippen molar-refractivity contribution < 1.29 is 4.79 Å². The Morgan fingerprint density at radius 3 is 2.84 bits per heavy atom. The number of carbonyl (C=O) groups excluding carboxylic acids is 1. The first kappa shape index (κ1) is 13.9. The maximum Gasteiger partial charge on any atom is 0.226 e. The van der Waals surface area contributed by atoms with Gasteiger partial charge in [-0.15, -0.1) is 0 Å². The predicted octanol–water partition coefficient (Wildman–Crippen LogP) is 2.01. The second-order valence-electron chi connectivity index (χ2n) is 5.87. The molecule has 0 bridgehead atoms. The highest BCUT2D eigenvalue weighted by atomic mass is 16.1. The zero-order chi connectivity index (χ0) is 14.0. The first-order valence-corrected chi connectivity index (χ1v) is 6.74. The summed E-state index contributed by atoms with van der Waals surface area (Å²) in [6, 6.07) is 6.15. The zero-order valence-electron chi connectivity index (χ0n) is 12.2. The normalized spacial score (nSPS) is 14.4. The van der Waals surface area contributed by atoms with Crippen LogP contribution in [0.25, 0.3) is 0 Å². The van der Waals surface area contributed by atoms with Gasteiger partial charge in [0.25, 0.3) is 0 Å². The highest BCUT2D eigenvalue weighted by molar-refractivity contribution is 5.92. The molecule has 1 aromatic carbocycles. The molecule has 4 nitrogen and oxygen atoms in total. The summed E-state index contributed by atoms with van der Waals surface area (Å²) in [5, 5.41) is 6.12. The van der Waals surface area contributed by atoms with Gasteiger partial charge in [-0.05, 0) is 51.1 Å². The molecule has 1 aromatic rings. The molecule has 0 spiro atoms. The molecule has 0 saturated carbocycles. The van der Waals surface area contributed by atoms with Crippen LogP contribution in [0.1, 0.15) is 25.8 Å². The lowest BCUT2D eigenvalue weighted by atomic mass is 10.0. The fourth-order valence-electron chi connectivity index (χ4n) is 2.34. The summed E-state index contributed by atoms with van der Waals surface area (Å²) in [7, 11) is 3.97. The molecule has 1 heterocycles. The standard InChI is InChI=1S/C15H23N3O/c1-15(2,16-3)10-14(19)17-12-5-6-13-11(9-12)7-8-18(13)4/h5-6,9,16H,7-8,10H2,1-4H3,(H,17,19). The van der Waals surface area contributed by atoms with Crippen molar-refractivity contribution in [2.45, 2.75) is 32.2 Å². The molecular formula is C15H23N3O. The molecule has 0 aliphatic carbocycles. The molecular weight excluding hydrogens is 238 g/mol. The summed E-state index contributed by atoms with van der Waals surface area (Å²) in [4.78, 5) is 14.2. The molecule has 19 heavy (non-hydrogen) atoms. The van der Waals surface area contributed by atoms with Gasteiger partial charge in [0.2, 0.25) is 5.91 Å². The van der Waals surface area contributed by atoms with Crippen molar-refractivity contribution in [2.75, 3.05) is 30.9 Å². The van der Waals surface area contributed by atoms with Gasteiger partial charge in [-0.3, -0.25) is 4.79 Å². The van der Waals surface area contributed by atoms with Crippen LogP contribution in [0.15, 0.2) is 18.2 Å². The van der Waals surface area contributed by atoms with E-state index in [1.807, 2.05) is 27.0 Å². The number of fused-ring (bicyclic) bond motifs is 1. The van der Waals surface area contributed by atoms with E-state index in [1.165, 1.54) is 11.3 Å². The Labute approximate surface area is 115 Å². The zero-order valence-corrected chi connectivity index (χ0v) is 12.2. The van der Waals surface area contributed by atoms with Crippen LogP contribution in [0, 0.1) is 0 Å². The first-order valence-electron chi connectivity index (χ1n) is 6.74. The van der Waals surface area contributed by atoms with E-state index in [0.29, 0.717) is 6.42 Å². The van der Waals surface area contributed by atoms with Crippen LogP contribution < -0.4 is 15.5 Å². The van der Waals surface area contributed by atoms with Gasteiger partial charge in [0.15, 0.2) is 0 Å². The van der Waals surface area contributed by atoms with E-state index in [9.17, 15) is 4.79 Å². The fourth-order valence-corrected chi connectivity index (χ4v) is 2.34. The summed E-state index contributed by atoms with van der Waals surface area (Å²) in [5.74, 6) is 0.0469. The lowest BCUT2D eigenvalue weighted by Gasteiger charge is -2.23. The largest absolute Gasteiger partial charge is 0.374 e. The minimum atomic E-state index is -0.180. The number of amides is 1. The van der Waals surface area contributed by atoms with Gasteiger partial charge < -0.3 is 15.5 Å². The molecule has 0 saturated heterocycles. The van der Waals surface area contributed by atoms with Gasteiger partial charge in [0, 0.05) is 36.9 Å². The summed E-state index contributed by atoms with van der Waals surface area (Å²) in [5.41, 5.74) is 3.30. The molecule has 1 aliphatic rings. The van der Waals surface area contributed by atoms with E-state index in [-0.39, 0.29) is 11.4 Å². The van der Waals surface area contributed by atoms with Crippen LogP contribution in [0.3, 0.4) is 0 Å². The second-order valence-corrected chi connectivity index (χ2v) is 5.87. The van der Waals surface area contributed by atoms with E-state index in [1.54, 1.807) is 0 Å². The molecule has 0 fully saturated rings. The van der Waals surface area contributed by atoms with Crippen molar-refractivity contribution in [3.63, 3.8) is 0 Å². The highest BCUT2D eigenvalue weighted by Crippen LogP contribution is 2.29. The van der Waals surface area contributed by atoms with Gasteiger partial charge in [-0.25, -0.2) is 0 Å². The van der Waals surface area contributed by atoms with Gasteiger partial charge in [0.05, 0.1) is 0 Å². The third-order valence-corrected chi connectivity index (χ3v) is 3.77. The molecule has 0 radical (unpaired) electrons. The number of nitrogens with zero attached hydrogens (tertiary/aromatic N) is 1. The number of likely N-dealkylation sites (N-methyl/N-ethyl adjacent to an activating group) is 1. The topological polar surface area (TPSA) is 44.4 Å². The summed E-state index contributed by atoms with van der Waals surface area (Å²) < 4.78 is 0. The van der Waals surface area contributed by atoms with Crippen molar-refractivity contribution in [3.8, 4) is 0 Å². The van der Waals surface area contributed by atoms with E-state index in [4.69, 9.17) is 0 Å². The quantitative estimate of drug-likeness (QED) is 0.871. The number of carbonyl (C=O) groups is 1. The van der Waals surface area contributed by atoms with Crippen LogP contribution in [0.4, 0.5) is 11.4 Å². The maximum absolute atomic E-state index is 12.0. The van der Waals surface area contributed by atoms with E-state index in [2.05, 4.69) is 34.7 Å². The Kier molecular flexibility index (Phi) is 3.80. The number of anilines is 2. The number of nitrogens with one attached hydrogen (secondary N) is 2.